The molecule has 146 valence electrons. The lowest BCUT2D eigenvalue weighted by Crippen LogP contribution is -2.18. The van der Waals surface area contributed by atoms with Gasteiger partial charge >= 0.3 is 0 Å². The fourth-order valence-corrected chi connectivity index (χ4v) is 5.45. The minimum absolute atomic E-state index is 0.636. The van der Waals surface area contributed by atoms with Crippen LogP contribution < -0.4 is 4.90 Å². The Bertz CT molecular complexity index is 1040. The predicted molar refractivity (Wildman–Crippen MR) is 121 cm³/mol. The number of rotatable bonds is 4. The van der Waals surface area contributed by atoms with E-state index < -0.39 is 0 Å². The molecule has 0 unspecified atom stereocenters. The number of hydrogen-bond donors (Lipinski definition) is 0. The van der Waals surface area contributed by atoms with E-state index in [1.807, 2.05) is 0 Å². The van der Waals surface area contributed by atoms with E-state index in [1.165, 1.54) is 57.6 Å². The maximum atomic E-state index is 4.88. The molecule has 0 spiro atoms. The van der Waals surface area contributed by atoms with Gasteiger partial charge in [-0.15, -0.1) is 0 Å². The summed E-state index contributed by atoms with van der Waals surface area (Å²) < 4.78 is 0. The highest BCUT2D eigenvalue weighted by molar-refractivity contribution is 5.98. The summed E-state index contributed by atoms with van der Waals surface area (Å²) in [6, 6.07) is 11.0. The van der Waals surface area contributed by atoms with E-state index >= 15 is 0 Å². The van der Waals surface area contributed by atoms with Crippen molar-refractivity contribution in [2.75, 3.05) is 11.4 Å². The number of anilines is 2. The van der Waals surface area contributed by atoms with E-state index in [1.54, 1.807) is 5.56 Å². The number of nitrogens with zero attached hydrogens (tertiary/aromatic N) is 2. The van der Waals surface area contributed by atoms with Crippen molar-refractivity contribution in [1.82, 2.24) is 4.98 Å². The van der Waals surface area contributed by atoms with Crippen LogP contribution in [0.2, 0.25) is 0 Å². The van der Waals surface area contributed by atoms with Crippen LogP contribution in [0.1, 0.15) is 66.1 Å². The van der Waals surface area contributed by atoms with Crippen molar-refractivity contribution in [3.63, 3.8) is 0 Å². The zero-order valence-electron chi connectivity index (χ0n) is 18.2. The maximum Gasteiger partial charge on any atom is 0.0726 e. The Labute approximate surface area is 169 Å². The minimum Gasteiger partial charge on any atom is -0.340 e. The molecule has 0 radical (unpaired) electrons. The number of fused-ring (bicyclic) bond motifs is 3. The van der Waals surface area contributed by atoms with E-state index in [-0.39, 0.29) is 0 Å². The van der Waals surface area contributed by atoms with Crippen LogP contribution in [-0.4, -0.2) is 11.5 Å². The lowest BCUT2D eigenvalue weighted by Gasteiger charge is -2.29. The Morgan fingerprint density at radius 1 is 0.964 bits per heavy atom. The highest BCUT2D eigenvalue weighted by Gasteiger charge is 2.29. The van der Waals surface area contributed by atoms with Gasteiger partial charge in [-0.25, -0.2) is 0 Å². The summed E-state index contributed by atoms with van der Waals surface area (Å²) in [6.45, 7) is 14.8. The van der Waals surface area contributed by atoms with Crippen molar-refractivity contribution in [3.05, 3.63) is 63.8 Å². The van der Waals surface area contributed by atoms with Crippen LogP contribution in [0.5, 0.6) is 0 Å². The van der Waals surface area contributed by atoms with Crippen molar-refractivity contribution in [2.45, 2.75) is 66.7 Å². The molecule has 1 aliphatic heterocycles. The molecule has 0 N–H and O–H groups in total. The molecule has 2 heterocycles. The lowest BCUT2D eigenvalue weighted by molar-refractivity contribution is 0.634. The molecule has 2 nitrogen and oxygen atoms in total. The van der Waals surface area contributed by atoms with Crippen LogP contribution in [-0.2, 0) is 6.42 Å². The predicted octanol–water partition coefficient (Wildman–Crippen LogP) is 7.07. The summed E-state index contributed by atoms with van der Waals surface area (Å²) in [7, 11) is 0. The summed E-state index contributed by atoms with van der Waals surface area (Å²) in [6.07, 6.45) is 3.47. The van der Waals surface area contributed by atoms with Crippen LogP contribution in [0, 0.1) is 27.7 Å². The standard InChI is InChI=1S/C26H32N2/c1-7-20(8-2)24-16(3)15-17(4)25(18(24)5)28-14-13-21-19(6)27-23-12-10-9-11-22(23)26(21)28/h9-12,15,20H,7-8,13-14H2,1-6H3. The Balaban J connectivity index is 1.98. The highest BCUT2D eigenvalue weighted by atomic mass is 15.2. The van der Waals surface area contributed by atoms with Gasteiger partial charge in [0.2, 0.25) is 0 Å². The molecule has 0 fully saturated rings. The van der Waals surface area contributed by atoms with Crippen molar-refractivity contribution in [1.29, 1.82) is 0 Å². The monoisotopic (exact) mass is 372 g/mol. The maximum absolute atomic E-state index is 4.88. The molecule has 0 saturated heterocycles. The van der Waals surface area contributed by atoms with Crippen LogP contribution in [0.25, 0.3) is 10.9 Å². The number of benzene rings is 2. The summed E-state index contributed by atoms with van der Waals surface area (Å²) in [5.74, 6) is 0.636. The molecule has 2 aromatic carbocycles. The molecule has 28 heavy (non-hydrogen) atoms. The molecule has 1 aliphatic rings. The summed E-state index contributed by atoms with van der Waals surface area (Å²) in [4.78, 5) is 7.47. The number of aryl methyl sites for hydroxylation is 3. The molecule has 0 atom stereocenters. The first-order valence-corrected chi connectivity index (χ1v) is 10.7. The fourth-order valence-electron chi connectivity index (χ4n) is 5.45. The van der Waals surface area contributed by atoms with Gasteiger partial charge in [0.25, 0.3) is 0 Å². The molecular weight excluding hydrogens is 340 g/mol. The summed E-state index contributed by atoms with van der Waals surface area (Å²) in [5, 5.41) is 1.28. The van der Waals surface area contributed by atoms with Gasteiger partial charge in [-0.2, -0.15) is 0 Å². The normalized spacial score (nSPS) is 13.6. The van der Waals surface area contributed by atoms with Gasteiger partial charge in [0.05, 0.1) is 11.2 Å². The Morgan fingerprint density at radius 2 is 1.68 bits per heavy atom. The Morgan fingerprint density at radius 3 is 2.39 bits per heavy atom. The molecule has 0 bridgehead atoms. The van der Waals surface area contributed by atoms with E-state index in [0.29, 0.717) is 5.92 Å². The van der Waals surface area contributed by atoms with Crippen LogP contribution in [0.3, 0.4) is 0 Å². The van der Waals surface area contributed by atoms with Crippen LogP contribution in [0.15, 0.2) is 30.3 Å². The van der Waals surface area contributed by atoms with Crippen LogP contribution >= 0.6 is 0 Å². The third-order valence-electron chi connectivity index (χ3n) is 6.68. The van der Waals surface area contributed by atoms with Crippen molar-refractivity contribution in [2.24, 2.45) is 0 Å². The first kappa shape index (κ1) is 19.0. The average molecular weight is 373 g/mol. The van der Waals surface area contributed by atoms with Gasteiger partial charge in [-0.05, 0) is 86.8 Å². The van der Waals surface area contributed by atoms with E-state index in [4.69, 9.17) is 4.98 Å². The third kappa shape index (κ3) is 2.82. The van der Waals surface area contributed by atoms with E-state index in [0.717, 1.165) is 18.5 Å². The zero-order valence-corrected chi connectivity index (χ0v) is 18.2. The second-order valence-corrected chi connectivity index (χ2v) is 8.35. The molecule has 0 saturated carbocycles. The smallest absolute Gasteiger partial charge is 0.0726 e. The molecule has 0 amide bonds. The average Bonchev–Trinajstić information content (AvgIpc) is 3.10. The molecule has 0 aliphatic carbocycles. The second kappa shape index (κ2) is 7.24. The SMILES string of the molecule is CCC(CC)c1c(C)cc(C)c(N2CCc3c(C)nc4ccccc4c32)c1C. The van der Waals surface area contributed by atoms with Gasteiger partial charge in [0.1, 0.15) is 0 Å². The molecule has 1 aromatic heterocycles. The largest absolute Gasteiger partial charge is 0.340 e. The number of para-hydroxylation sites is 1. The van der Waals surface area contributed by atoms with E-state index in [9.17, 15) is 0 Å². The number of pyridine rings is 1. The molecule has 4 rings (SSSR count). The highest BCUT2D eigenvalue weighted by Crippen LogP contribution is 2.45. The molecule has 3 aromatic rings. The van der Waals surface area contributed by atoms with E-state index in [2.05, 4.69) is 76.8 Å². The fraction of sp³-hybridized carbons (Fsp3) is 0.423. The molecule has 2 heteroatoms. The number of hydrogen-bond acceptors (Lipinski definition) is 2. The lowest BCUT2D eigenvalue weighted by atomic mass is 9.85. The summed E-state index contributed by atoms with van der Waals surface area (Å²) in [5.41, 5.74) is 12.4. The zero-order chi connectivity index (χ0) is 20.0. The quantitative estimate of drug-likeness (QED) is 0.487. The van der Waals surface area contributed by atoms with Crippen molar-refractivity contribution >= 4 is 22.3 Å². The Kier molecular flexibility index (Phi) is 4.91. The van der Waals surface area contributed by atoms with Crippen molar-refractivity contribution in [3.8, 4) is 0 Å². The number of aromatic nitrogens is 1. The topological polar surface area (TPSA) is 16.1 Å². The first-order chi connectivity index (χ1) is 13.5. The van der Waals surface area contributed by atoms with Gasteiger partial charge in [-0.1, -0.05) is 38.1 Å². The van der Waals surface area contributed by atoms with Crippen molar-refractivity contribution < 1.29 is 0 Å². The van der Waals surface area contributed by atoms with Gasteiger partial charge < -0.3 is 4.90 Å². The Hall–Kier alpha value is -2.35. The third-order valence-corrected chi connectivity index (χ3v) is 6.68. The summed E-state index contributed by atoms with van der Waals surface area (Å²) >= 11 is 0. The van der Waals surface area contributed by atoms with Gasteiger partial charge in [0, 0.05) is 23.3 Å². The minimum atomic E-state index is 0.636. The molecular formula is C26H32N2. The van der Waals surface area contributed by atoms with Gasteiger partial charge in [-0.3, -0.25) is 4.98 Å². The first-order valence-electron chi connectivity index (χ1n) is 10.7. The van der Waals surface area contributed by atoms with Gasteiger partial charge in [0.15, 0.2) is 0 Å². The van der Waals surface area contributed by atoms with Crippen LogP contribution in [0.4, 0.5) is 11.4 Å². The second-order valence-electron chi connectivity index (χ2n) is 8.35.